The number of para-hydroxylation sites is 1. The monoisotopic (exact) mass is 608 g/mol. The van der Waals surface area contributed by atoms with E-state index in [1.165, 1.54) is 0 Å². The van der Waals surface area contributed by atoms with Crippen LogP contribution in [0.5, 0.6) is 11.5 Å². The van der Waals surface area contributed by atoms with E-state index in [4.69, 9.17) is 20.2 Å². The number of nitrogens with two attached hydrogens (primary N) is 1. The molecule has 1 amide bonds. The molecule has 2 N–H and O–H groups in total. The molecule has 9 heteroatoms. The van der Waals surface area contributed by atoms with E-state index in [1.54, 1.807) is 6.33 Å². The Morgan fingerprint density at radius 1 is 0.889 bits per heavy atom. The lowest BCUT2D eigenvalue weighted by molar-refractivity contribution is 0.0272. The summed E-state index contributed by atoms with van der Waals surface area (Å²) in [6, 6.07) is 18.9. The lowest BCUT2D eigenvalue weighted by atomic mass is 9.86. The van der Waals surface area contributed by atoms with E-state index in [2.05, 4.69) is 32.8 Å². The Bertz CT molecular complexity index is 1660. The summed E-state index contributed by atoms with van der Waals surface area (Å²) in [7, 11) is 0. The molecular weight excluding hydrogens is 564 g/mol. The highest BCUT2D eigenvalue weighted by Gasteiger charge is 2.47. The van der Waals surface area contributed by atoms with E-state index in [9.17, 15) is 4.79 Å². The number of aromatic nitrogens is 3. The van der Waals surface area contributed by atoms with Gasteiger partial charge in [-0.1, -0.05) is 30.3 Å². The molecule has 0 bridgehead atoms. The van der Waals surface area contributed by atoms with Gasteiger partial charge in [0.15, 0.2) is 0 Å². The van der Waals surface area contributed by atoms with Crippen LogP contribution < -0.4 is 10.5 Å². The molecule has 1 spiro atoms. The van der Waals surface area contributed by atoms with Crippen molar-refractivity contribution in [2.75, 3.05) is 31.9 Å². The molecule has 236 valence electrons. The molecule has 4 aromatic rings. The fraction of sp³-hybridized carbons (Fsp3) is 0.472. The number of nitrogens with zero attached hydrogens (tertiary/aromatic N) is 5. The maximum atomic E-state index is 12.7. The van der Waals surface area contributed by atoms with Crippen LogP contribution in [0.15, 0.2) is 67.1 Å². The topological polar surface area (TPSA) is 98.7 Å². The van der Waals surface area contributed by atoms with Gasteiger partial charge in [0.25, 0.3) is 0 Å². The number of fused-ring (bicyclic) bond motifs is 1. The number of carbonyl (C=O) groups is 1. The molecule has 0 radical (unpaired) electrons. The number of hydrogen-bond acceptors (Lipinski definition) is 7. The minimum absolute atomic E-state index is 0.169. The number of likely N-dealkylation sites (tertiary alicyclic amines) is 2. The average molecular weight is 609 g/mol. The van der Waals surface area contributed by atoms with Gasteiger partial charge in [0.05, 0.1) is 5.39 Å². The summed E-state index contributed by atoms with van der Waals surface area (Å²) >= 11 is 0. The molecule has 3 aliphatic rings. The number of rotatable bonds is 5. The van der Waals surface area contributed by atoms with Gasteiger partial charge in [-0.3, -0.25) is 4.90 Å². The van der Waals surface area contributed by atoms with Crippen LogP contribution >= 0.6 is 0 Å². The zero-order chi connectivity index (χ0) is 31.2. The number of hydrogen-bond donors (Lipinski definition) is 1. The third-order valence-electron chi connectivity index (χ3n) is 9.92. The van der Waals surface area contributed by atoms with Crippen LogP contribution in [0, 0.1) is 5.41 Å². The van der Waals surface area contributed by atoms with Gasteiger partial charge in [0.2, 0.25) is 0 Å². The van der Waals surface area contributed by atoms with E-state index in [1.807, 2.05) is 68.1 Å². The second-order valence-electron chi connectivity index (χ2n) is 14.2. The Labute approximate surface area is 265 Å². The Balaban J connectivity index is 1.02. The Hall–Kier alpha value is -4.11. The first-order valence-electron chi connectivity index (χ1n) is 16.3. The van der Waals surface area contributed by atoms with Gasteiger partial charge >= 0.3 is 6.09 Å². The van der Waals surface area contributed by atoms with Crippen molar-refractivity contribution in [1.82, 2.24) is 24.3 Å². The first-order valence-corrected chi connectivity index (χ1v) is 16.3. The lowest BCUT2D eigenvalue weighted by Gasteiger charge is -2.36. The van der Waals surface area contributed by atoms with Crippen molar-refractivity contribution in [3.63, 3.8) is 0 Å². The van der Waals surface area contributed by atoms with Crippen LogP contribution in [-0.4, -0.2) is 68.3 Å². The van der Waals surface area contributed by atoms with E-state index in [0.29, 0.717) is 17.9 Å². The second-order valence-corrected chi connectivity index (χ2v) is 14.2. The predicted octanol–water partition coefficient (Wildman–Crippen LogP) is 7.29. The summed E-state index contributed by atoms with van der Waals surface area (Å²) in [5, 5.41) is 0.911. The highest BCUT2D eigenvalue weighted by molar-refractivity contribution is 6.00. The van der Waals surface area contributed by atoms with Gasteiger partial charge in [0.1, 0.15) is 34.9 Å². The number of amides is 1. The Kier molecular flexibility index (Phi) is 7.68. The van der Waals surface area contributed by atoms with Crippen molar-refractivity contribution >= 4 is 22.9 Å². The molecule has 2 aromatic heterocycles. The lowest BCUT2D eigenvalue weighted by Crippen LogP contribution is -2.40. The molecule has 1 unspecified atom stereocenters. The molecule has 1 aliphatic carbocycles. The predicted molar refractivity (Wildman–Crippen MR) is 176 cm³/mol. The second kappa shape index (κ2) is 11.7. The van der Waals surface area contributed by atoms with Crippen molar-refractivity contribution in [3.8, 4) is 22.6 Å². The van der Waals surface area contributed by atoms with Gasteiger partial charge < -0.3 is 24.7 Å². The van der Waals surface area contributed by atoms with E-state index in [-0.39, 0.29) is 11.5 Å². The van der Waals surface area contributed by atoms with E-state index < -0.39 is 5.60 Å². The van der Waals surface area contributed by atoms with Crippen molar-refractivity contribution in [1.29, 1.82) is 0 Å². The number of carbonyl (C=O) groups excluding carboxylic acids is 1. The molecule has 1 atom stereocenters. The minimum Gasteiger partial charge on any atom is -0.457 e. The molecule has 3 fully saturated rings. The van der Waals surface area contributed by atoms with Crippen LogP contribution in [0.25, 0.3) is 22.2 Å². The van der Waals surface area contributed by atoms with Crippen molar-refractivity contribution in [3.05, 3.63) is 67.1 Å². The number of benzene rings is 2. The molecule has 4 heterocycles. The quantitative estimate of drug-likeness (QED) is 0.254. The third-order valence-corrected chi connectivity index (χ3v) is 9.92. The van der Waals surface area contributed by atoms with Crippen molar-refractivity contribution < 1.29 is 14.3 Å². The van der Waals surface area contributed by atoms with Gasteiger partial charge in [-0.05, 0) is 95.7 Å². The molecular formula is C36H44N6O3. The van der Waals surface area contributed by atoms with Crippen molar-refractivity contribution in [2.24, 2.45) is 5.41 Å². The average Bonchev–Trinajstić information content (AvgIpc) is 3.76. The van der Waals surface area contributed by atoms with E-state index in [0.717, 1.165) is 98.4 Å². The van der Waals surface area contributed by atoms with Crippen LogP contribution in [0.1, 0.15) is 65.3 Å². The Morgan fingerprint density at radius 2 is 1.58 bits per heavy atom. The summed E-state index contributed by atoms with van der Waals surface area (Å²) in [4.78, 5) is 26.4. The van der Waals surface area contributed by atoms with Gasteiger partial charge in [0, 0.05) is 48.9 Å². The normalized spacial score (nSPS) is 24.0. The zero-order valence-electron chi connectivity index (χ0n) is 26.6. The van der Waals surface area contributed by atoms with Crippen LogP contribution in [0.3, 0.4) is 0 Å². The van der Waals surface area contributed by atoms with Crippen LogP contribution in [-0.2, 0) is 4.74 Å². The molecule has 45 heavy (non-hydrogen) atoms. The fourth-order valence-electron chi connectivity index (χ4n) is 7.67. The fourth-order valence-corrected chi connectivity index (χ4v) is 7.67. The van der Waals surface area contributed by atoms with Crippen molar-refractivity contribution in [2.45, 2.75) is 77.0 Å². The minimum atomic E-state index is -0.459. The molecule has 9 nitrogen and oxygen atoms in total. The maximum absolute atomic E-state index is 12.7. The third kappa shape index (κ3) is 6.10. The largest absolute Gasteiger partial charge is 0.457 e. The molecule has 1 saturated carbocycles. The van der Waals surface area contributed by atoms with Crippen LogP contribution in [0.2, 0.25) is 0 Å². The van der Waals surface area contributed by atoms with Gasteiger partial charge in [-0.2, -0.15) is 0 Å². The highest BCUT2D eigenvalue weighted by Crippen LogP contribution is 2.44. The summed E-state index contributed by atoms with van der Waals surface area (Å²) in [5.74, 6) is 2.10. The summed E-state index contributed by atoms with van der Waals surface area (Å²) in [6.45, 7) is 9.60. The first kappa shape index (κ1) is 29.6. The summed E-state index contributed by atoms with van der Waals surface area (Å²) in [6.07, 6.45) is 10.3. The summed E-state index contributed by atoms with van der Waals surface area (Å²) < 4.78 is 14.0. The van der Waals surface area contributed by atoms with E-state index >= 15 is 0 Å². The first-order chi connectivity index (χ1) is 21.7. The summed E-state index contributed by atoms with van der Waals surface area (Å²) in [5.41, 5.74) is 9.22. The van der Waals surface area contributed by atoms with Gasteiger partial charge in [-0.25, -0.2) is 14.8 Å². The van der Waals surface area contributed by atoms with Gasteiger partial charge in [-0.15, -0.1) is 0 Å². The standard InChI is InChI=1S/C36H44N6O3/c1-35(2,3)45-34(43)41-20-18-36(23-41)17-19-40(22-36)26-11-13-27(14-12-26)42-21-30(31-32(37)38-24-39-33(31)42)25-9-15-29(16-10-25)44-28-7-5-4-6-8-28/h4-10,15-16,21,24,26-27H,11-14,17-20,22-23H2,1-3H3,(H2,37,38,39)/t26-,27+,36?. The molecule has 7 rings (SSSR count). The Morgan fingerprint density at radius 3 is 2.31 bits per heavy atom. The number of anilines is 1. The van der Waals surface area contributed by atoms with Crippen LogP contribution in [0.4, 0.5) is 10.6 Å². The highest BCUT2D eigenvalue weighted by atomic mass is 16.6. The number of ether oxygens (including phenoxy) is 2. The molecule has 2 saturated heterocycles. The molecule has 2 aromatic carbocycles. The maximum Gasteiger partial charge on any atom is 0.410 e. The SMILES string of the molecule is CC(C)(C)OC(=O)N1CCC2(CCN([C@H]3CC[C@@H](n4cc(-c5ccc(Oc6ccccc6)cc5)c5c(N)ncnc54)CC3)C2)C1. The number of nitrogen functional groups attached to an aromatic ring is 1. The smallest absolute Gasteiger partial charge is 0.410 e. The molecule has 2 aliphatic heterocycles. The zero-order valence-corrected chi connectivity index (χ0v) is 26.6.